The Morgan fingerprint density at radius 2 is 1.88 bits per heavy atom. The minimum atomic E-state index is -0.0637. The number of carbonyl (C=O) groups excluding carboxylic acids is 1. The average Bonchev–Trinajstić information content (AvgIpc) is 3.35. The largest absolute Gasteiger partial charge is 0.487 e. The van der Waals surface area contributed by atoms with Crippen molar-refractivity contribution in [1.82, 2.24) is 19.7 Å². The van der Waals surface area contributed by atoms with Gasteiger partial charge >= 0.3 is 0 Å². The van der Waals surface area contributed by atoms with Crippen molar-refractivity contribution in [3.63, 3.8) is 0 Å². The maximum Gasteiger partial charge on any atom is 0.254 e. The van der Waals surface area contributed by atoms with Crippen LogP contribution in [0.25, 0.3) is 5.69 Å². The molecule has 0 aliphatic rings. The molecule has 0 saturated heterocycles. The maximum absolute atomic E-state index is 13.1. The molecule has 1 amide bonds. The fraction of sp³-hybridized carbons (Fsp3) is 0.240. The van der Waals surface area contributed by atoms with Crippen LogP contribution in [-0.4, -0.2) is 32.6 Å². The molecular formula is C25H26N4O2S. The number of hydrogen-bond donors (Lipinski definition) is 0. The van der Waals surface area contributed by atoms with Gasteiger partial charge in [-0.05, 0) is 51.1 Å². The number of thiazole rings is 1. The molecule has 0 fully saturated rings. The van der Waals surface area contributed by atoms with Crippen LogP contribution in [0.5, 0.6) is 5.75 Å². The van der Waals surface area contributed by atoms with Crippen LogP contribution in [0.3, 0.4) is 0 Å². The van der Waals surface area contributed by atoms with E-state index in [2.05, 4.69) is 10.1 Å². The molecule has 164 valence electrons. The molecule has 2 aromatic carbocycles. The van der Waals surface area contributed by atoms with Gasteiger partial charge in [0.05, 0.1) is 22.1 Å². The molecule has 7 heteroatoms. The molecule has 4 aromatic rings. The van der Waals surface area contributed by atoms with Crippen LogP contribution in [0.15, 0.2) is 60.0 Å². The number of amides is 1. The van der Waals surface area contributed by atoms with Crippen molar-refractivity contribution in [2.24, 2.45) is 0 Å². The molecule has 2 aromatic heterocycles. The molecule has 2 heterocycles. The lowest BCUT2D eigenvalue weighted by molar-refractivity contribution is 0.0784. The third-order valence-corrected chi connectivity index (χ3v) is 6.14. The third kappa shape index (κ3) is 4.73. The number of hydrogen-bond acceptors (Lipinski definition) is 5. The second-order valence-corrected chi connectivity index (χ2v) is 8.79. The zero-order valence-electron chi connectivity index (χ0n) is 18.7. The summed E-state index contributed by atoms with van der Waals surface area (Å²) in [5.41, 5.74) is 5.49. The average molecular weight is 447 g/mol. The first-order valence-corrected chi connectivity index (χ1v) is 11.3. The van der Waals surface area contributed by atoms with Gasteiger partial charge in [-0.25, -0.2) is 9.67 Å². The van der Waals surface area contributed by atoms with Crippen molar-refractivity contribution in [2.75, 3.05) is 7.05 Å². The summed E-state index contributed by atoms with van der Waals surface area (Å²) in [7, 11) is 1.81. The Hall–Kier alpha value is -3.45. The SMILES string of the molecule is Cc1nc(COc2cccc(C(=O)N(C)Cc3c(C)nn(-c4ccccc4)c3C)c2)cs1. The molecule has 0 N–H and O–H groups in total. The summed E-state index contributed by atoms with van der Waals surface area (Å²) in [6, 6.07) is 17.3. The number of rotatable bonds is 7. The normalized spacial score (nSPS) is 10.9. The molecular weight excluding hydrogens is 420 g/mol. The van der Waals surface area contributed by atoms with E-state index in [1.807, 2.05) is 86.4 Å². The van der Waals surface area contributed by atoms with Crippen LogP contribution in [0.2, 0.25) is 0 Å². The molecule has 0 aliphatic carbocycles. The van der Waals surface area contributed by atoms with E-state index >= 15 is 0 Å². The number of aryl methyl sites for hydroxylation is 2. The lowest BCUT2D eigenvalue weighted by atomic mass is 10.1. The number of aromatic nitrogens is 3. The fourth-order valence-corrected chi connectivity index (χ4v) is 4.20. The van der Waals surface area contributed by atoms with E-state index in [1.165, 1.54) is 0 Å². The van der Waals surface area contributed by atoms with Gasteiger partial charge in [0.2, 0.25) is 0 Å². The summed E-state index contributed by atoms with van der Waals surface area (Å²) in [6.45, 7) is 6.85. The minimum Gasteiger partial charge on any atom is -0.487 e. The number of benzene rings is 2. The van der Waals surface area contributed by atoms with Crippen LogP contribution in [0.1, 0.15) is 38.0 Å². The summed E-state index contributed by atoms with van der Waals surface area (Å²) in [5, 5.41) is 7.68. The smallest absolute Gasteiger partial charge is 0.254 e. The number of ether oxygens (including phenoxy) is 1. The number of carbonyl (C=O) groups is 1. The van der Waals surface area contributed by atoms with Crippen LogP contribution in [0.4, 0.5) is 0 Å². The van der Waals surface area contributed by atoms with Crippen molar-refractivity contribution in [1.29, 1.82) is 0 Å². The molecule has 0 saturated carbocycles. The Labute approximate surface area is 192 Å². The van der Waals surface area contributed by atoms with Crippen LogP contribution >= 0.6 is 11.3 Å². The topological polar surface area (TPSA) is 60.2 Å². The monoisotopic (exact) mass is 446 g/mol. The van der Waals surface area contributed by atoms with Crippen molar-refractivity contribution in [3.05, 3.63) is 93.2 Å². The molecule has 0 unspecified atom stereocenters. The Morgan fingerprint density at radius 3 is 2.59 bits per heavy atom. The number of nitrogens with zero attached hydrogens (tertiary/aromatic N) is 4. The zero-order chi connectivity index (χ0) is 22.7. The first kappa shape index (κ1) is 21.8. The predicted molar refractivity (Wildman–Crippen MR) is 126 cm³/mol. The molecule has 6 nitrogen and oxygen atoms in total. The lowest BCUT2D eigenvalue weighted by Gasteiger charge is -2.18. The molecule has 0 bridgehead atoms. The molecule has 4 rings (SSSR count). The summed E-state index contributed by atoms with van der Waals surface area (Å²) in [6.07, 6.45) is 0. The Kier molecular flexibility index (Phi) is 6.37. The quantitative estimate of drug-likeness (QED) is 0.396. The fourth-order valence-electron chi connectivity index (χ4n) is 3.60. The Morgan fingerprint density at radius 1 is 1.09 bits per heavy atom. The van der Waals surface area contributed by atoms with Gasteiger partial charge in [-0.3, -0.25) is 4.79 Å². The highest BCUT2D eigenvalue weighted by Crippen LogP contribution is 2.21. The van der Waals surface area contributed by atoms with Gasteiger partial charge in [0.1, 0.15) is 12.4 Å². The van der Waals surface area contributed by atoms with Crippen molar-refractivity contribution < 1.29 is 9.53 Å². The van der Waals surface area contributed by atoms with Crippen LogP contribution < -0.4 is 4.74 Å². The molecule has 0 radical (unpaired) electrons. The van der Waals surface area contributed by atoms with E-state index in [4.69, 9.17) is 4.74 Å². The van der Waals surface area contributed by atoms with E-state index in [9.17, 15) is 4.79 Å². The molecule has 32 heavy (non-hydrogen) atoms. The van der Waals surface area contributed by atoms with E-state index < -0.39 is 0 Å². The van der Waals surface area contributed by atoms with Crippen LogP contribution in [-0.2, 0) is 13.2 Å². The summed E-state index contributed by atoms with van der Waals surface area (Å²) in [4.78, 5) is 19.2. The second kappa shape index (κ2) is 9.36. The molecule has 0 atom stereocenters. The van der Waals surface area contributed by atoms with Crippen molar-refractivity contribution in [2.45, 2.75) is 33.9 Å². The van der Waals surface area contributed by atoms with E-state index in [1.54, 1.807) is 22.3 Å². The zero-order valence-corrected chi connectivity index (χ0v) is 19.5. The van der Waals surface area contributed by atoms with Gasteiger partial charge in [-0.15, -0.1) is 11.3 Å². The van der Waals surface area contributed by atoms with Crippen LogP contribution in [0, 0.1) is 20.8 Å². The Bertz CT molecular complexity index is 1230. The van der Waals surface area contributed by atoms with E-state index in [0.29, 0.717) is 24.5 Å². The Balaban J connectivity index is 1.47. The summed E-state index contributed by atoms with van der Waals surface area (Å²) >= 11 is 1.60. The molecule has 0 aliphatic heterocycles. The van der Waals surface area contributed by atoms with Gasteiger partial charge in [0, 0.05) is 35.8 Å². The third-order valence-electron chi connectivity index (χ3n) is 5.32. The van der Waals surface area contributed by atoms with Crippen molar-refractivity contribution in [3.8, 4) is 11.4 Å². The highest BCUT2D eigenvalue weighted by molar-refractivity contribution is 7.09. The first-order valence-electron chi connectivity index (χ1n) is 10.4. The highest BCUT2D eigenvalue weighted by Gasteiger charge is 2.18. The van der Waals surface area contributed by atoms with Crippen molar-refractivity contribution >= 4 is 17.2 Å². The second-order valence-electron chi connectivity index (χ2n) is 7.73. The van der Waals surface area contributed by atoms with Gasteiger partial charge in [0.25, 0.3) is 5.91 Å². The number of para-hydroxylation sites is 1. The predicted octanol–water partition coefficient (Wildman–Crippen LogP) is 5.11. The summed E-state index contributed by atoms with van der Waals surface area (Å²) in [5.74, 6) is 0.588. The van der Waals surface area contributed by atoms with Gasteiger partial charge in [0.15, 0.2) is 0 Å². The highest BCUT2D eigenvalue weighted by atomic mass is 32.1. The molecule has 0 spiro atoms. The first-order chi connectivity index (χ1) is 15.4. The van der Waals surface area contributed by atoms with E-state index in [-0.39, 0.29) is 5.91 Å². The minimum absolute atomic E-state index is 0.0637. The standard InChI is InChI=1S/C25H26N4O2S/c1-17-24(18(2)29(27-17)22-10-6-5-7-11-22)14-28(4)25(30)20-9-8-12-23(13-20)31-15-21-16-32-19(3)26-21/h5-13,16H,14-15H2,1-4H3. The van der Waals surface area contributed by atoms with Gasteiger partial charge in [-0.2, -0.15) is 5.10 Å². The van der Waals surface area contributed by atoms with Gasteiger partial charge < -0.3 is 9.64 Å². The maximum atomic E-state index is 13.1. The van der Waals surface area contributed by atoms with E-state index in [0.717, 1.165) is 33.3 Å². The lowest BCUT2D eigenvalue weighted by Crippen LogP contribution is -2.26. The van der Waals surface area contributed by atoms with Gasteiger partial charge in [-0.1, -0.05) is 24.3 Å². The summed E-state index contributed by atoms with van der Waals surface area (Å²) < 4.78 is 7.77.